The standard InChI is InChI=1S/C13H11FN2O4S/c14-21(18,19)20-12-5-3-11(4-6-12)16-13(17)8-10-2-1-7-15-9-10/h1-7,9H,8H2,(H,16,17). The Hall–Kier alpha value is -2.48. The van der Waals surface area contributed by atoms with Crippen LogP contribution in [0.15, 0.2) is 48.8 Å². The summed E-state index contributed by atoms with van der Waals surface area (Å²) in [5.41, 5.74) is 1.20. The maximum absolute atomic E-state index is 12.3. The molecule has 1 aromatic heterocycles. The number of hydrogen-bond acceptors (Lipinski definition) is 5. The van der Waals surface area contributed by atoms with Gasteiger partial charge in [-0.1, -0.05) is 9.95 Å². The van der Waals surface area contributed by atoms with Gasteiger partial charge in [-0.05, 0) is 35.9 Å². The van der Waals surface area contributed by atoms with Crippen molar-refractivity contribution in [2.45, 2.75) is 6.42 Å². The minimum atomic E-state index is -5.05. The number of aromatic nitrogens is 1. The Labute approximate surface area is 121 Å². The van der Waals surface area contributed by atoms with Gasteiger partial charge >= 0.3 is 10.5 Å². The van der Waals surface area contributed by atoms with Gasteiger partial charge in [0.2, 0.25) is 5.91 Å². The van der Waals surface area contributed by atoms with E-state index in [1.54, 1.807) is 24.5 Å². The molecule has 21 heavy (non-hydrogen) atoms. The van der Waals surface area contributed by atoms with Gasteiger partial charge < -0.3 is 9.50 Å². The van der Waals surface area contributed by atoms with Crippen LogP contribution in [0.5, 0.6) is 5.75 Å². The normalized spacial score (nSPS) is 10.9. The topological polar surface area (TPSA) is 85.4 Å². The highest BCUT2D eigenvalue weighted by Crippen LogP contribution is 2.18. The van der Waals surface area contributed by atoms with E-state index in [-0.39, 0.29) is 18.1 Å². The van der Waals surface area contributed by atoms with Crippen molar-refractivity contribution in [3.63, 3.8) is 0 Å². The van der Waals surface area contributed by atoms with E-state index in [1.807, 2.05) is 0 Å². The molecule has 0 aliphatic heterocycles. The third-order valence-corrected chi connectivity index (χ3v) is 2.81. The zero-order valence-corrected chi connectivity index (χ0v) is 11.5. The van der Waals surface area contributed by atoms with Crippen LogP contribution in [0.2, 0.25) is 0 Å². The highest BCUT2D eigenvalue weighted by Gasteiger charge is 2.09. The van der Waals surface area contributed by atoms with Crippen LogP contribution >= 0.6 is 0 Å². The van der Waals surface area contributed by atoms with E-state index in [0.29, 0.717) is 5.69 Å². The molecule has 0 aliphatic carbocycles. The Morgan fingerprint density at radius 1 is 1.24 bits per heavy atom. The molecule has 0 saturated carbocycles. The van der Waals surface area contributed by atoms with Crippen molar-refractivity contribution in [1.82, 2.24) is 4.98 Å². The molecule has 1 N–H and O–H groups in total. The first kappa shape index (κ1) is 14.9. The SMILES string of the molecule is O=C(Cc1cccnc1)Nc1ccc(OS(=O)(=O)F)cc1. The Bertz CT molecular complexity index is 718. The zero-order valence-electron chi connectivity index (χ0n) is 10.7. The third kappa shape index (κ3) is 5.19. The van der Waals surface area contributed by atoms with Gasteiger partial charge in [-0.3, -0.25) is 9.78 Å². The van der Waals surface area contributed by atoms with Crippen molar-refractivity contribution >= 4 is 22.1 Å². The number of halogens is 1. The zero-order chi connectivity index (χ0) is 15.3. The lowest BCUT2D eigenvalue weighted by atomic mass is 10.2. The van der Waals surface area contributed by atoms with E-state index in [1.165, 1.54) is 24.3 Å². The van der Waals surface area contributed by atoms with Gasteiger partial charge in [-0.15, -0.1) is 0 Å². The van der Waals surface area contributed by atoms with Gasteiger partial charge in [0.25, 0.3) is 0 Å². The molecule has 0 aliphatic rings. The highest BCUT2D eigenvalue weighted by atomic mass is 32.3. The van der Waals surface area contributed by atoms with Gasteiger partial charge in [-0.2, -0.15) is 8.42 Å². The lowest BCUT2D eigenvalue weighted by Crippen LogP contribution is -2.14. The molecular formula is C13H11FN2O4S. The quantitative estimate of drug-likeness (QED) is 0.852. The molecule has 2 aromatic rings. The number of amides is 1. The molecule has 0 fully saturated rings. The molecule has 0 bridgehead atoms. The van der Waals surface area contributed by atoms with Crippen LogP contribution in [0.4, 0.5) is 9.57 Å². The molecule has 8 heteroatoms. The number of hydrogen-bond donors (Lipinski definition) is 1. The number of carbonyl (C=O) groups excluding carboxylic acids is 1. The smallest absolute Gasteiger partial charge is 0.358 e. The average molecular weight is 310 g/mol. The second kappa shape index (κ2) is 6.31. The predicted octanol–water partition coefficient (Wildman–Crippen LogP) is 1.86. The highest BCUT2D eigenvalue weighted by molar-refractivity contribution is 7.81. The summed E-state index contributed by atoms with van der Waals surface area (Å²) in [6.07, 6.45) is 3.35. The number of rotatable bonds is 5. The summed E-state index contributed by atoms with van der Waals surface area (Å²) in [5, 5.41) is 2.61. The van der Waals surface area contributed by atoms with Crippen LogP contribution in [0.25, 0.3) is 0 Å². The molecule has 1 amide bonds. The lowest BCUT2D eigenvalue weighted by molar-refractivity contribution is -0.115. The second-order valence-electron chi connectivity index (χ2n) is 4.09. The summed E-state index contributed by atoms with van der Waals surface area (Å²) in [6.45, 7) is 0. The van der Waals surface area contributed by atoms with Gasteiger partial charge in [0, 0.05) is 18.1 Å². The van der Waals surface area contributed by atoms with Crippen molar-refractivity contribution in [2.75, 3.05) is 5.32 Å². The summed E-state index contributed by atoms with van der Waals surface area (Å²) in [4.78, 5) is 15.7. The Morgan fingerprint density at radius 3 is 2.52 bits per heavy atom. The van der Waals surface area contributed by atoms with Crippen LogP contribution in [0.1, 0.15) is 5.56 Å². The van der Waals surface area contributed by atoms with Gasteiger partial charge in [0.15, 0.2) is 0 Å². The Morgan fingerprint density at radius 2 is 1.95 bits per heavy atom. The minimum absolute atomic E-state index is 0.158. The van der Waals surface area contributed by atoms with Crippen LogP contribution in [0.3, 0.4) is 0 Å². The first-order valence-corrected chi connectivity index (χ1v) is 7.16. The van der Waals surface area contributed by atoms with E-state index in [2.05, 4.69) is 14.5 Å². The summed E-state index contributed by atoms with van der Waals surface area (Å²) in [6, 6.07) is 8.78. The van der Waals surface area contributed by atoms with Crippen LogP contribution in [-0.2, 0) is 21.7 Å². The minimum Gasteiger partial charge on any atom is -0.358 e. The molecule has 6 nitrogen and oxygen atoms in total. The largest absolute Gasteiger partial charge is 0.488 e. The maximum atomic E-state index is 12.3. The molecule has 0 radical (unpaired) electrons. The summed E-state index contributed by atoms with van der Waals surface area (Å²) in [5.74, 6) is -0.433. The third-order valence-electron chi connectivity index (χ3n) is 2.42. The van der Waals surface area contributed by atoms with Crippen LogP contribution in [0, 0.1) is 0 Å². The Balaban J connectivity index is 1.95. The monoisotopic (exact) mass is 310 g/mol. The summed E-state index contributed by atoms with van der Waals surface area (Å²) >= 11 is 0. The van der Waals surface area contributed by atoms with E-state index in [4.69, 9.17) is 0 Å². The van der Waals surface area contributed by atoms with Gasteiger partial charge in [0.05, 0.1) is 6.42 Å². The molecule has 0 unspecified atom stereocenters. The maximum Gasteiger partial charge on any atom is 0.488 e. The first-order valence-electron chi connectivity index (χ1n) is 5.85. The van der Waals surface area contributed by atoms with Crippen molar-refractivity contribution in [2.24, 2.45) is 0 Å². The lowest BCUT2D eigenvalue weighted by Gasteiger charge is -2.06. The van der Waals surface area contributed by atoms with Crippen LogP contribution < -0.4 is 9.50 Å². The van der Waals surface area contributed by atoms with Gasteiger partial charge in [0.1, 0.15) is 5.75 Å². The number of anilines is 1. The second-order valence-corrected chi connectivity index (χ2v) is 5.04. The summed E-state index contributed by atoms with van der Waals surface area (Å²) in [7, 11) is -5.05. The number of nitrogens with one attached hydrogen (secondary N) is 1. The van der Waals surface area contributed by atoms with E-state index >= 15 is 0 Å². The first-order chi connectivity index (χ1) is 9.92. The molecule has 1 heterocycles. The average Bonchev–Trinajstić information content (AvgIpc) is 2.40. The predicted molar refractivity (Wildman–Crippen MR) is 73.7 cm³/mol. The molecule has 110 valence electrons. The fourth-order valence-corrected chi connectivity index (χ4v) is 1.94. The van der Waals surface area contributed by atoms with Gasteiger partial charge in [-0.25, -0.2) is 0 Å². The number of carbonyl (C=O) groups is 1. The number of pyridine rings is 1. The van der Waals surface area contributed by atoms with E-state index < -0.39 is 10.5 Å². The fourth-order valence-electron chi connectivity index (χ4n) is 1.60. The van der Waals surface area contributed by atoms with Crippen LogP contribution in [-0.4, -0.2) is 19.3 Å². The van der Waals surface area contributed by atoms with Crippen molar-refractivity contribution in [3.8, 4) is 5.75 Å². The molecule has 2 rings (SSSR count). The van der Waals surface area contributed by atoms with Crippen molar-refractivity contribution in [1.29, 1.82) is 0 Å². The molecule has 0 saturated heterocycles. The molecule has 0 atom stereocenters. The fraction of sp³-hybridized carbons (Fsp3) is 0.0769. The molecule has 1 aromatic carbocycles. The summed E-state index contributed by atoms with van der Waals surface area (Å²) < 4.78 is 36.9. The number of benzene rings is 1. The van der Waals surface area contributed by atoms with Crippen molar-refractivity contribution < 1.29 is 21.3 Å². The van der Waals surface area contributed by atoms with Crippen molar-refractivity contribution in [3.05, 3.63) is 54.4 Å². The van der Waals surface area contributed by atoms with E-state index in [9.17, 15) is 17.1 Å². The molecular weight excluding hydrogens is 299 g/mol. The Kier molecular flexibility index (Phi) is 4.49. The van der Waals surface area contributed by atoms with E-state index in [0.717, 1.165) is 5.56 Å². The molecule has 0 spiro atoms. The number of nitrogens with zero attached hydrogens (tertiary/aromatic N) is 1.